The number of aromatic hydroxyl groups is 2. The maximum atomic E-state index is 14.8. The summed E-state index contributed by atoms with van der Waals surface area (Å²) in [5.74, 6) is -23.2. The van der Waals surface area contributed by atoms with Crippen LogP contribution in [0.4, 0.5) is 0 Å². The van der Waals surface area contributed by atoms with Gasteiger partial charge in [-0.2, -0.15) is 37.9 Å². The summed E-state index contributed by atoms with van der Waals surface area (Å²) in [5, 5.41) is 107. The number of nitrogens with zero attached hydrogens (tertiary/aromatic N) is 3. The average Bonchev–Trinajstić information content (AvgIpc) is 1.83. The molecule has 0 aliphatic carbocycles. The summed E-state index contributed by atoms with van der Waals surface area (Å²) in [6, 6.07) is -16.2. The maximum Gasteiger partial charge on any atom is 0.326 e. The van der Waals surface area contributed by atoms with Crippen molar-refractivity contribution in [3.8, 4) is 11.5 Å². The first-order chi connectivity index (χ1) is 62.0. The molecule has 3 heterocycles. The van der Waals surface area contributed by atoms with E-state index in [9.17, 15) is 122 Å². The number of primary amides is 1. The van der Waals surface area contributed by atoms with Crippen molar-refractivity contribution >= 4 is 144 Å². The molecule has 0 fully saturated rings. The Morgan fingerprint density at radius 1 is 0.382 bits per heavy atom. The van der Waals surface area contributed by atoms with E-state index in [1.807, 2.05) is 0 Å². The number of aliphatic hydroxyl groups excluding tert-OH is 3. The Kier molecular flexibility index (Phi) is 45.1. The van der Waals surface area contributed by atoms with Crippen LogP contribution in [0, 0.1) is 5.92 Å². The number of hydrogen-bond acceptors (Lipinski definition) is 31. The van der Waals surface area contributed by atoms with E-state index in [0.717, 1.165) is 20.8 Å². The Labute approximate surface area is 765 Å². The lowest BCUT2D eigenvalue weighted by molar-refractivity contribution is -0.142. The van der Waals surface area contributed by atoms with E-state index in [-0.39, 0.29) is 60.8 Å². The third kappa shape index (κ3) is 36.5. The second kappa shape index (κ2) is 54.5. The summed E-state index contributed by atoms with van der Waals surface area (Å²) < 4.78 is 0. The van der Waals surface area contributed by atoms with Gasteiger partial charge in [-0.3, -0.25) is 81.5 Å². The van der Waals surface area contributed by atoms with Gasteiger partial charge in [0.25, 0.3) is 0 Å². The van der Waals surface area contributed by atoms with E-state index in [2.05, 4.69) is 148 Å². The number of benzene rings is 2. The molecule has 5 aromatic rings. The molecule has 0 aliphatic heterocycles. The molecule has 31 N–H and O–H groups in total. The predicted molar refractivity (Wildman–Crippen MR) is 471 cm³/mol. The molecule has 0 unspecified atom stereocenters. The number of carbonyl (C=O) groups excluding carboxylic acids is 16. The number of phenols is 2. The van der Waals surface area contributed by atoms with Gasteiger partial charge in [0.15, 0.2) is 0 Å². The van der Waals surface area contributed by atoms with Gasteiger partial charge in [-0.1, -0.05) is 38.1 Å². The van der Waals surface area contributed by atoms with Gasteiger partial charge < -0.3 is 148 Å². The Morgan fingerprint density at radius 3 is 1.04 bits per heavy atom. The van der Waals surface area contributed by atoms with Gasteiger partial charge in [0.2, 0.25) is 94.5 Å². The number of nitrogens with two attached hydrogens (primary N) is 3. The number of thiol groups is 3. The topological polar surface area (TPSA) is 793 Å². The third-order valence-electron chi connectivity index (χ3n) is 19.9. The first-order valence-electron chi connectivity index (χ1n) is 41.0. The van der Waals surface area contributed by atoms with Crippen molar-refractivity contribution in [2.24, 2.45) is 23.1 Å². The smallest absolute Gasteiger partial charge is 0.326 e. The fraction of sp³-hybridized carbons (Fsp3) is 0.506. The Bertz CT molecular complexity index is 4670. The van der Waals surface area contributed by atoms with Crippen LogP contribution in [0.3, 0.4) is 0 Å². The van der Waals surface area contributed by atoms with Gasteiger partial charge >= 0.3 is 11.9 Å². The normalized spacial score (nSPS) is 15.3. The van der Waals surface area contributed by atoms with E-state index in [1.165, 1.54) is 86.1 Å². The highest BCUT2D eigenvalue weighted by Crippen LogP contribution is 2.17. The number of aliphatic carboxylic acids is 2. The number of aliphatic hydroxyl groups is 3. The predicted octanol–water partition coefficient (Wildman–Crippen LogP) is -9.45. The minimum Gasteiger partial charge on any atom is -0.508 e. The lowest BCUT2D eigenvalue weighted by Crippen LogP contribution is -2.63. The van der Waals surface area contributed by atoms with Gasteiger partial charge in [0, 0.05) is 74.4 Å². The van der Waals surface area contributed by atoms with E-state index < -0.39 is 277 Å². The van der Waals surface area contributed by atoms with Crippen molar-refractivity contribution in [2.75, 3.05) is 30.4 Å². The number of rotatable bonds is 57. The summed E-state index contributed by atoms with van der Waals surface area (Å²) in [6.45, 7) is 5.47. The molecule has 3 aromatic heterocycles. The molecular weight excluding hydrogens is 1780 g/mol. The molecule has 2 aromatic carbocycles. The number of H-pyrrole nitrogens is 3. The molecule has 0 saturated heterocycles. The summed E-state index contributed by atoms with van der Waals surface area (Å²) in [6.07, 6.45) is 0.994. The molecule has 49 nitrogen and oxygen atoms in total. The Hall–Kier alpha value is -13.0. The molecule has 18 atom stereocenters. The summed E-state index contributed by atoms with van der Waals surface area (Å²) >= 11 is 12.7. The largest absolute Gasteiger partial charge is 0.508 e. The molecule has 0 bridgehead atoms. The molecule has 5 rings (SSSR count). The molecule has 131 heavy (non-hydrogen) atoms. The molecule has 0 aliphatic rings. The van der Waals surface area contributed by atoms with Crippen LogP contribution in [-0.2, 0) is 118 Å². The van der Waals surface area contributed by atoms with Crippen LogP contribution >= 0.6 is 37.9 Å². The molecule has 0 saturated carbocycles. The molecule has 0 radical (unpaired) electrons. The van der Waals surface area contributed by atoms with E-state index in [0.29, 0.717) is 24.0 Å². The highest BCUT2D eigenvalue weighted by Gasteiger charge is 2.41. The van der Waals surface area contributed by atoms with Crippen molar-refractivity contribution in [1.29, 1.82) is 0 Å². The molecular formula is C79H114N24O25S3. The number of hydrogen-bond donors (Lipinski definition) is 31. The Morgan fingerprint density at radius 2 is 0.695 bits per heavy atom. The zero-order chi connectivity index (χ0) is 97.5. The van der Waals surface area contributed by atoms with Crippen molar-refractivity contribution < 1.29 is 122 Å². The summed E-state index contributed by atoms with van der Waals surface area (Å²) in [7, 11) is 0. The van der Waals surface area contributed by atoms with Crippen LogP contribution in [0.1, 0.15) is 101 Å². The lowest BCUT2D eigenvalue weighted by Gasteiger charge is -2.28. The lowest BCUT2D eigenvalue weighted by atomic mass is 10.0. The number of unbranched alkanes of at least 4 members (excludes halogenated alkanes) is 1. The zero-order valence-electron chi connectivity index (χ0n) is 71.8. The standard InChI is InChI=1S/C79H114N24O25S3/c1-36(2)61(82)76(124)90-47(17-18-60(110)111)65(113)97-54(25-59(81)109)70(118)95-53(24-44-28-85-35-88-44)71(119)102-62(38(4)105)77(125)89-37(3)64(112)99-56(30-129)73(121)96-52(23-43-27-84-34-87-43)69(117)100-57(31-130)75(123)98-55(29-104)72(120)103-63(39(5)106)78(126)101-58(32-131)74(122)93-50(21-41-11-15-46(108)16-12-41)66(114)92-49(20-40-9-13-45(107)14-10-40)67(115)94-51(22-42-26-83-33-86-42)68(116)91-48(79(127)128)8-6-7-19-80/h9-16,26-28,33-39,47-58,61-63,104-108,129-131H,6-8,17-25,29-32,80,82H2,1-5H3,(H2,81,109)(H,83,86)(H,84,87)(H,85,88)(H,89,125)(H,90,124)(H,91,116)(H,92,114)(H,93,122)(H,94,115)(H,95,118)(H,96,121)(H,97,113)(H,98,123)(H,99,112)(H,100,117)(H,101,126)(H,102,119)(H,103,120)(H,110,111)(H,127,128)/t37-,38+,39+,47-,48-,49-,50-,51-,52-,53-,54-,55-,56-,57-,58-,61-,62-,63-/m0/s1. The van der Waals surface area contributed by atoms with Gasteiger partial charge in [0.05, 0.1) is 67.3 Å². The molecule has 0 spiro atoms. The van der Waals surface area contributed by atoms with Crippen molar-refractivity contribution in [3.63, 3.8) is 0 Å². The number of amides is 16. The summed E-state index contributed by atoms with van der Waals surface area (Å²) in [5.41, 5.74) is 18.2. The number of aromatic nitrogens is 6. The highest BCUT2D eigenvalue weighted by molar-refractivity contribution is 7.80. The zero-order valence-corrected chi connectivity index (χ0v) is 74.4. The van der Waals surface area contributed by atoms with Gasteiger partial charge in [-0.05, 0) is 94.3 Å². The number of aromatic amines is 3. The number of carboxylic acid groups (broad SMARTS) is 2. The number of imidazole rings is 3. The molecule has 16 amide bonds. The number of carboxylic acids is 2. The number of nitrogens with one attached hydrogen (secondary N) is 18. The van der Waals surface area contributed by atoms with Crippen LogP contribution in [0.5, 0.6) is 11.5 Å². The highest BCUT2D eigenvalue weighted by atomic mass is 32.1. The molecule has 52 heteroatoms. The maximum absolute atomic E-state index is 14.8. The number of phenolic OH excluding ortho intramolecular Hbond substituents is 2. The van der Waals surface area contributed by atoms with Gasteiger partial charge in [-0.15, -0.1) is 0 Å². The quantitative estimate of drug-likeness (QED) is 0.0127. The van der Waals surface area contributed by atoms with E-state index >= 15 is 0 Å². The van der Waals surface area contributed by atoms with Crippen LogP contribution < -0.4 is 97.0 Å². The monoisotopic (exact) mass is 1890 g/mol. The third-order valence-corrected chi connectivity index (χ3v) is 21.0. The first-order valence-corrected chi connectivity index (χ1v) is 42.9. The number of carbonyl (C=O) groups is 18. The van der Waals surface area contributed by atoms with Crippen molar-refractivity contribution in [1.82, 2.24) is 110 Å². The fourth-order valence-electron chi connectivity index (χ4n) is 12.4. The van der Waals surface area contributed by atoms with Gasteiger partial charge in [0.1, 0.15) is 102 Å². The SMILES string of the molecule is CC(C)[C@H](N)C(=O)N[C@@H](CCC(=O)O)C(=O)N[C@@H](CC(N)=O)C(=O)N[C@@H](Cc1c[nH]cn1)C(=O)N[C@H](C(=O)N[C@@H](C)C(=O)N[C@@H](CS)C(=O)N[C@@H](Cc1c[nH]cn1)C(=O)N[C@@H](CS)C(=O)N[C@@H](CO)C(=O)N[C@H](C(=O)N[C@@H](CS)C(=O)N[C@@H](Cc1ccc(O)cc1)C(=O)N[C@@H](Cc1ccc(O)cc1)C(=O)N[C@@H](Cc1c[nH]cn1)C(=O)N[C@@H](CCCCN)C(=O)O)[C@@H](C)O)[C@@H](C)O. The molecule has 718 valence electrons. The van der Waals surface area contributed by atoms with E-state index in [1.54, 1.807) is 13.8 Å². The minimum atomic E-state index is -2.01. The average molecular weight is 1900 g/mol. The van der Waals surface area contributed by atoms with Crippen LogP contribution in [-0.4, -0.2) is 311 Å². The second-order valence-electron chi connectivity index (χ2n) is 30.7. The van der Waals surface area contributed by atoms with Crippen LogP contribution in [0.15, 0.2) is 86.1 Å². The van der Waals surface area contributed by atoms with E-state index in [4.69, 9.17) is 17.2 Å². The summed E-state index contributed by atoms with van der Waals surface area (Å²) in [4.78, 5) is 267. The fourth-order valence-corrected chi connectivity index (χ4v) is 13.1. The van der Waals surface area contributed by atoms with Crippen LogP contribution in [0.25, 0.3) is 0 Å². The minimum absolute atomic E-state index is 0.0173. The van der Waals surface area contributed by atoms with Crippen molar-refractivity contribution in [3.05, 3.63) is 114 Å². The van der Waals surface area contributed by atoms with Crippen LogP contribution in [0.2, 0.25) is 0 Å². The second-order valence-corrected chi connectivity index (χ2v) is 31.8. The van der Waals surface area contributed by atoms with Crippen molar-refractivity contribution in [2.45, 2.75) is 214 Å². The van der Waals surface area contributed by atoms with Gasteiger partial charge in [-0.25, -0.2) is 19.7 Å². The first kappa shape index (κ1) is 109. The Balaban J connectivity index is 1.27.